The van der Waals surface area contributed by atoms with Gasteiger partial charge in [-0.15, -0.1) is 0 Å². The number of carbonyl (C=O) groups excluding carboxylic acids is 1. The van der Waals surface area contributed by atoms with Crippen LogP contribution in [0.2, 0.25) is 10.0 Å². The van der Waals surface area contributed by atoms with Crippen LogP contribution in [0.25, 0.3) is 11.4 Å². The summed E-state index contributed by atoms with van der Waals surface area (Å²) in [6, 6.07) is 13.8. The molecule has 0 fully saturated rings. The predicted molar refractivity (Wildman–Crippen MR) is 91.3 cm³/mol. The van der Waals surface area contributed by atoms with Gasteiger partial charge in [0.1, 0.15) is 6.54 Å². The third-order valence-electron chi connectivity index (χ3n) is 3.25. The lowest BCUT2D eigenvalue weighted by Crippen LogP contribution is -2.25. The first-order valence-electron chi connectivity index (χ1n) is 6.92. The van der Waals surface area contributed by atoms with E-state index < -0.39 is 11.7 Å². The fourth-order valence-corrected chi connectivity index (χ4v) is 2.48. The number of carbonyl (C=O) groups is 1. The number of hydrogen-bond donors (Lipinski definition) is 1. The van der Waals surface area contributed by atoms with Gasteiger partial charge in [0.15, 0.2) is 5.82 Å². The minimum absolute atomic E-state index is 0.230. The van der Waals surface area contributed by atoms with Gasteiger partial charge in [-0.05, 0) is 12.1 Å². The predicted octanol–water partition coefficient (Wildman–Crippen LogP) is 3.45. The van der Waals surface area contributed by atoms with Gasteiger partial charge >= 0.3 is 5.76 Å². The molecule has 3 aromatic rings. The van der Waals surface area contributed by atoms with Crippen molar-refractivity contribution in [2.24, 2.45) is 0 Å². The summed E-state index contributed by atoms with van der Waals surface area (Å²) in [6.45, 7) is -0.268. The first-order chi connectivity index (χ1) is 11.6. The van der Waals surface area contributed by atoms with Crippen LogP contribution in [0.4, 0.5) is 5.69 Å². The molecule has 1 N–H and O–H groups in total. The van der Waals surface area contributed by atoms with Crippen LogP contribution in [0.3, 0.4) is 0 Å². The first kappa shape index (κ1) is 16.3. The summed E-state index contributed by atoms with van der Waals surface area (Å²) in [5, 5.41) is 6.89. The molecule has 1 aromatic heterocycles. The first-order valence-corrected chi connectivity index (χ1v) is 7.67. The van der Waals surface area contributed by atoms with Gasteiger partial charge in [-0.1, -0.05) is 64.8 Å². The summed E-state index contributed by atoms with van der Waals surface area (Å²) in [7, 11) is 0. The number of halogens is 2. The van der Waals surface area contributed by atoms with Crippen molar-refractivity contribution < 1.29 is 9.32 Å². The van der Waals surface area contributed by atoms with Crippen molar-refractivity contribution in [2.75, 3.05) is 5.32 Å². The zero-order valence-corrected chi connectivity index (χ0v) is 13.7. The molecule has 0 spiro atoms. The van der Waals surface area contributed by atoms with Gasteiger partial charge in [0.05, 0.1) is 15.7 Å². The highest BCUT2D eigenvalue weighted by molar-refractivity contribution is 6.43. The molecule has 1 heterocycles. The van der Waals surface area contributed by atoms with Crippen LogP contribution in [0.15, 0.2) is 57.8 Å². The quantitative estimate of drug-likeness (QED) is 0.769. The Hall–Kier alpha value is -2.57. The van der Waals surface area contributed by atoms with Crippen LogP contribution in [0.1, 0.15) is 0 Å². The van der Waals surface area contributed by atoms with Crippen molar-refractivity contribution in [3.05, 3.63) is 69.1 Å². The molecule has 6 nitrogen and oxygen atoms in total. The summed E-state index contributed by atoms with van der Waals surface area (Å²) in [5.74, 6) is -0.907. The second-order valence-electron chi connectivity index (χ2n) is 4.87. The fraction of sp³-hybridized carbons (Fsp3) is 0.0625. The van der Waals surface area contributed by atoms with E-state index in [1.807, 2.05) is 6.07 Å². The summed E-state index contributed by atoms with van der Waals surface area (Å²) in [5.41, 5.74) is 1.02. The Morgan fingerprint density at radius 2 is 1.88 bits per heavy atom. The Balaban J connectivity index is 1.84. The molecule has 2 aromatic carbocycles. The summed E-state index contributed by atoms with van der Waals surface area (Å²) in [6.07, 6.45) is 0. The lowest BCUT2D eigenvalue weighted by Gasteiger charge is -2.09. The number of amides is 1. The number of anilines is 1. The molecule has 0 bridgehead atoms. The summed E-state index contributed by atoms with van der Waals surface area (Å²) >= 11 is 11.9. The van der Waals surface area contributed by atoms with E-state index in [-0.39, 0.29) is 17.4 Å². The SMILES string of the molecule is O=C(Cn1c(-c2ccccc2)noc1=O)Nc1cccc(Cl)c1Cl. The van der Waals surface area contributed by atoms with Gasteiger partial charge in [0.2, 0.25) is 5.91 Å². The van der Waals surface area contributed by atoms with Crippen LogP contribution in [-0.4, -0.2) is 15.6 Å². The Labute approximate surface area is 146 Å². The Kier molecular flexibility index (Phi) is 4.69. The molecule has 0 saturated carbocycles. The van der Waals surface area contributed by atoms with Gasteiger partial charge in [0.25, 0.3) is 0 Å². The van der Waals surface area contributed by atoms with Gasteiger partial charge in [-0.2, -0.15) is 0 Å². The van der Waals surface area contributed by atoms with E-state index in [2.05, 4.69) is 15.0 Å². The number of hydrogen-bond acceptors (Lipinski definition) is 4. The van der Waals surface area contributed by atoms with Crippen molar-refractivity contribution in [1.82, 2.24) is 9.72 Å². The minimum atomic E-state index is -0.721. The Bertz CT molecular complexity index is 935. The molecule has 1 amide bonds. The number of aromatic nitrogens is 2. The second-order valence-corrected chi connectivity index (χ2v) is 5.66. The normalized spacial score (nSPS) is 10.6. The van der Waals surface area contributed by atoms with E-state index in [9.17, 15) is 9.59 Å². The van der Waals surface area contributed by atoms with E-state index in [0.29, 0.717) is 16.3 Å². The minimum Gasteiger partial charge on any atom is -0.323 e. The molecule has 0 aliphatic heterocycles. The van der Waals surface area contributed by atoms with E-state index in [4.69, 9.17) is 23.2 Å². The highest BCUT2D eigenvalue weighted by Gasteiger charge is 2.16. The smallest absolute Gasteiger partial charge is 0.323 e. The lowest BCUT2D eigenvalue weighted by atomic mass is 10.2. The topological polar surface area (TPSA) is 77.1 Å². The largest absolute Gasteiger partial charge is 0.442 e. The Morgan fingerprint density at radius 3 is 2.62 bits per heavy atom. The molecule has 0 saturated heterocycles. The molecule has 24 heavy (non-hydrogen) atoms. The second kappa shape index (κ2) is 6.90. The average Bonchev–Trinajstić information content (AvgIpc) is 2.93. The van der Waals surface area contributed by atoms with Crippen LogP contribution in [0.5, 0.6) is 0 Å². The van der Waals surface area contributed by atoms with Gasteiger partial charge in [-0.3, -0.25) is 9.32 Å². The van der Waals surface area contributed by atoms with Crippen molar-refractivity contribution in [2.45, 2.75) is 6.54 Å². The van der Waals surface area contributed by atoms with Crippen LogP contribution in [-0.2, 0) is 11.3 Å². The van der Waals surface area contributed by atoms with Crippen molar-refractivity contribution in [3.8, 4) is 11.4 Å². The number of nitrogens with one attached hydrogen (secondary N) is 1. The molecule has 8 heteroatoms. The number of rotatable bonds is 4. The van der Waals surface area contributed by atoms with Crippen molar-refractivity contribution in [1.29, 1.82) is 0 Å². The molecular weight excluding hydrogens is 353 g/mol. The molecule has 0 aliphatic carbocycles. The van der Waals surface area contributed by atoms with Crippen molar-refractivity contribution >= 4 is 34.8 Å². The maximum absolute atomic E-state index is 12.2. The maximum atomic E-state index is 12.2. The van der Waals surface area contributed by atoms with E-state index in [1.165, 1.54) is 0 Å². The third kappa shape index (κ3) is 3.34. The molecule has 3 rings (SSSR count). The highest BCUT2D eigenvalue weighted by atomic mass is 35.5. The number of benzene rings is 2. The van der Waals surface area contributed by atoms with Gasteiger partial charge < -0.3 is 5.32 Å². The monoisotopic (exact) mass is 363 g/mol. The molecule has 0 radical (unpaired) electrons. The maximum Gasteiger partial charge on any atom is 0.442 e. The Morgan fingerprint density at radius 1 is 1.12 bits per heavy atom. The van der Waals surface area contributed by atoms with Crippen molar-refractivity contribution in [3.63, 3.8) is 0 Å². The molecule has 122 valence electrons. The fourth-order valence-electron chi connectivity index (χ4n) is 2.14. The molecule has 0 aliphatic rings. The summed E-state index contributed by atoms with van der Waals surface area (Å²) < 4.78 is 5.82. The van der Waals surface area contributed by atoms with Crippen LogP contribution >= 0.6 is 23.2 Å². The zero-order chi connectivity index (χ0) is 17.1. The molecule has 0 atom stereocenters. The van der Waals surface area contributed by atoms with Gasteiger partial charge in [-0.25, -0.2) is 9.36 Å². The van der Waals surface area contributed by atoms with Crippen LogP contribution < -0.4 is 11.1 Å². The number of nitrogens with zero attached hydrogens (tertiary/aromatic N) is 2. The summed E-state index contributed by atoms with van der Waals surface area (Å²) in [4.78, 5) is 24.1. The third-order valence-corrected chi connectivity index (χ3v) is 4.06. The molecular formula is C16H11Cl2N3O3. The van der Waals surface area contributed by atoms with Crippen LogP contribution in [0, 0.1) is 0 Å². The molecule has 0 unspecified atom stereocenters. The van der Waals surface area contributed by atoms with E-state index >= 15 is 0 Å². The van der Waals surface area contributed by atoms with E-state index in [1.54, 1.807) is 42.5 Å². The highest BCUT2D eigenvalue weighted by Crippen LogP contribution is 2.29. The standard InChI is InChI=1S/C16H11Cl2N3O3/c17-11-7-4-8-12(14(11)18)19-13(22)9-21-15(20-24-16(21)23)10-5-2-1-3-6-10/h1-8H,9H2,(H,19,22). The van der Waals surface area contributed by atoms with E-state index in [0.717, 1.165) is 4.57 Å². The lowest BCUT2D eigenvalue weighted by molar-refractivity contribution is -0.116. The zero-order valence-electron chi connectivity index (χ0n) is 12.2. The average molecular weight is 364 g/mol. The van der Waals surface area contributed by atoms with Gasteiger partial charge in [0, 0.05) is 5.56 Å².